The summed E-state index contributed by atoms with van der Waals surface area (Å²) in [6.07, 6.45) is -5.44. The predicted octanol–water partition coefficient (Wildman–Crippen LogP) is -0.433. The molecule has 0 fully saturated rings. The molecule has 5 N–H and O–H groups in total. The van der Waals surface area contributed by atoms with Crippen LogP contribution in [0.1, 0.15) is 13.3 Å². The average molecular weight is 271 g/mol. The molecule has 0 aromatic carbocycles. The molecule has 0 saturated carbocycles. The van der Waals surface area contributed by atoms with Crippen molar-refractivity contribution in [1.29, 1.82) is 0 Å². The van der Waals surface area contributed by atoms with Crippen molar-refractivity contribution in [2.75, 3.05) is 6.54 Å². The zero-order valence-corrected chi connectivity index (χ0v) is 9.30. The summed E-state index contributed by atoms with van der Waals surface area (Å²) in [4.78, 5) is 31.9. The van der Waals surface area contributed by atoms with Crippen LogP contribution in [0.4, 0.5) is 18.0 Å². The molecule has 0 heterocycles. The summed E-state index contributed by atoms with van der Waals surface area (Å²) in [6, 6.07) is -1.36. The smallest absolute Gasteiger partial charge is 0.422 e. The lowest BCUT2D eigenvalue weighted by Crippen LogP contribution is -2.63. The van der Waals surface area contributed by atoms with E-state index < -0.39 is 29.6 Å². The molecule has 1 atom stereocenters. The van der Waals surface area contributed by atoms with E-state index in [1.54, 1.807) is 0 Å². The molecule has 0 aromatic rings. The zero-order valence-electron chi connectivity index (χ0n) is 9.30. The molecule has 0 saturated heterocycles. The van der Waals surface area contributed by atoms with Gasteiger partial charge in [-0.3, -0.25) is 4.79 Å². The molecule has 0 bridgehead atoms. The maximum atomic E-state index is 12.5. The minimum absolute atomic E-state index is 0.275. The number of hydrogen-bond donors (Lipinski definition) is 4. The zero-order chi connectivity index (χ0) is 14.6. The van der Waals surface area contributed by atoms with Gasteiger partial charge < -0.3 is 21.5 Å². The fraction of sp³-hybridized carbons (Fsp3) is 0.625. The van der Waals surface area contributed by atoms with Gasteiger partial charge in [-0.2, -0.15) is 13.2 Å². The number of nitrogens with two attached hydrogens (primary N) is 1. The number of carbonyl (C=O) groups is 3. The molecule has 104 valence electrons. The number of alkyl halides is 3. The molecular weight excluding hydrogens is 259 g/mol. The van der Waals surface area contributed by atoms with Crippen LogP contribution in [0.2, 0.25) is 0 Å². The Hall–Kier alpha value is -2.00. The lowest BCUT2D eigenvalue weighted by molar-refractivity contribution is -0.203. The first-order valence-electron chi connectivity index (χ1n) is 4.65. The lowest BCUT2D eigenvalue weighted by atomic mass is 10.0. The molecule has 3 amide bonds. The Kier molecular flexibility index (Phi) is 4.94. The van der Waals surface area contributed by atoms with E-state index in [0.29, 0.717) is 6.92 Å². The van der Waals surface area contributed by atoms with E-state index >= 15 is 0 Å². The van der Waals surface area contributed by atoms with Crippen molar-refractivity contribution in [2.45, 2.75) is 25.1 Å². The van der Waals surface area contributed by atoms with Crippen LogP contribution in [0.3, 0.4) is 0 Å². The number of amides is 3. The van der Waals surface area contributed by atoms with E-state index in [0.717, 1.165) is 0 Å². The Morgan fingerprint density at radius 3 is 2.11 bits per heavy atom. The Bertz CT molecular complexity index is 358. The summed E-state index contributed by atoms with van der Waals surface area (Å²) in [5, 5.41) is 11.7. The van der Waals surface area contributed by atoms with Crippen molar-refractivity contribution in [3.05, 3.63) is 0 Å². The van der Waals surface area contributed by atoms with Crippen molar-refractivity contribution in [3.63, 3.8) is 0 Å². The van der Waals surface area contributed by atoms with Crippen molar-refractivity contribution in [1.82, 2.24) is 10.6 Å². The van der Waals surface area contributed by atoms with Crippen LogP contribution in [0, 0.1) is 0 Å². The highest BCUT2D eigenvalue weighted by molar-refractivity contribution is 5.87. The van der Waals surface area contributed by atoms with Gasteiger partial charge in [0.25, 0.3) is 0 Å². The summed E-state index contributed by atoms with van der Waals surface area (Å²) in [5.41, 5.74) is 1.33. The fourth-order valence-corrected chi connectivity index (χ4v) is 0.816. The number of primary amides is 1. The largest absolute Gasteiger partial charge is 0.479 e. The second-order valence-electron chi connectivity index (χ2n) is 3.53. The minimum atomic E-state index is -5.17. The quantitative estimate of drug-likeness (QED) is 0.541. The van der Waals surface area contributed by atoms with Crippen LogP contribution >= 0.6 is 0 Å². The summed E-state index contributed by atoms with van der Waals surface area (Å²) in [7, 11) is 0. The second-order valence-corrected chi connectivity index (χ2v) is 3.53. The molecule has 0 aromatic heterocycles. The highest BCUT2D eigenvalue weighted by Crippen LogP contribution is 2.30. The van der Waals surface area contributed by atoms with Crippen molar-refractivity contribution in [2.24, 2.45) is 5.73 Å². The third-order valence-electron chi connectivity index (χ3n) is 2.02. The van der Waals surface area contributed by atoms with E-state index in [-0.39, 0.29) is 13.0 Å². The van der Waals surface area contributed by atoms with Gasteiger partial charge in [0, 0.05) is 13.0 Å². The van der Waals surface area contributed by atoms with Gasteiger partial charge >= 0.3 is 18.2 Å². The number of nitrogens with one attached hydrogen (secondary N) is 2. The molecule has 0 rings (SSSR count). The molecule has 0 spiro atoms. The van der Waals surface area contributed by atoms with E-state index in [2.05, 4.69) is 0 Å². The van der Waals surface area contributed by atoms with E-state index in [4.69, 9.17) is 10.8 Å². The third kappa shape index (κ3) is 4.11. The van der Waals surface area contributed by atoms with Crippen LogP contribution in [0.25, 0.3) is 0 Å². The Morgan fingerprint density at radius 1 is 1.28 bits per heavy atom. The van der Waals surface area contributed by atoms with Gasteiger partial charge in [-0.25, -0.2) is 9.59 Å². The summed E-state index contributed by atoms with van der Waals surface area (Å²) >= 11 is 0. The van der Waals surface area contributed by atoms with Gasteiger partial charge in [0.2, 0.25) is 11.4 Å². The summed E-state index contributed by atoms with van der Waals surface area (Å²) in [6.45, 7) is 0.0116. The first-order valence-corrected chi connectivity index (χ1v) is 4.65. The standard InChI is InChI=1S/C8H12F3N3O4/c1-7(5(16)17,8(9,10)11)14-6(18)13-3-2-4(12)15/h2-3H2,1H3,(H2,12,15)(H,16,17)(H2,13,14,18). The molecule has 1 unspecified atom stereocenters. The van der Waals surface area contributed by atoms with Crippen molar-refractivity contribution in [3.8, 4) is 0 Å². The van der Waals surface area contributed by atoms with E-state index in [9.17, 15) is 27.6 Å². The van der Waals surface area contributed by atoms with Gasteiger partial charge in [0.05, 0.1) is 0 Å². The normalized spacial score (nSPS) is 14.4. The number of urea groups is 1. The number of carboxylic acid groups (broad SMARTS) is 1. The topological polar surface area (TPSA) is 122 Å². The Morgan fingerprint density at radius 2 is 1.78 bits per heavy atom. The average Bonchev–Trinajstić information content (AvgIpc) is 2.14. The van der Waals surface area contributed by atoms with Gasteiger partial charge in [-0.05, 0) is 6.92 Å². The van der Waals surface area contributed by atoms with Crippen LogP contribution in [0.5, 0.6) is 0 Å². The highest BCUT2D eigenvalue weighted by Gasteiger charge is 2.58. The first kappa shape index (κ1) is 16.0. The third-order valence-corrected chi connectivity index (χ3v) is 2.02. The number of hydrogen-bond acceptors (Lipinski definition) is 3. The van der Waals surface area contributed by atoms with Crippen molar-refractivity contribution >= 4 is 17.9 Å². The maximum Gasteiger partial charge on any atom is 0.422 e. The number of carbonyl (C=O) groups excluding carboxylic acids is 2. The molecule has 0 aliphatic carbocycles. The SMILES string of the molecule is CC(NC(=O)NCCC(N)=O)(C(=O)O)C(F)(F)F. The second kappa shape index (κ2) is 5.56. The van der Waals surface area contributed by atoms with Crippen molar-refractivity contribution < 1.29 is 32.7 Å². The predicted molar refractivity (Wildman–Crippen MR) is 52.4 cm³/mol. The molecule has 0 radical (unpaired) electrons. The first-order chi connectivity index (χ1) is 8.00. The molecule has 0 aliphatic heterocycles. The lowest BCUT2D eigenvalue weighted by Gasteiger charge is -2.28. The fourth-order valence-electron chi connectivity index (χ4n) is 0.816. The van der Waals surface area contributed by atoms with Gasteiger partial charge in [-0.1, -0.05) is 0 Å². The van der Waals surface area contributed by atoms with Gasteiger partial charge in [0.15, 0.2) is 0 Å². The number of aliphatic carboxylic acids is 1. The number of carboxylic acids is 1. The van der Waals surface area contributed by atoms with Gasteiger partial charge in [-0.15, -0.1) is 0 Å². The molecule has 10 heteroatoms. The monoisotopic (exact) mass is 271 g/mol. The summed E-state index contributed by atoms with van der Waals surface area (Å²) < 4.78 is 37.4. The number of halogens is 3. The summed E-state index contributed by atoms with van der Waals surface area (Å²) in [5.74, 6) is -3.01. The van der Waals surface area contributed by atoms with E-state index in [1.807, 2.05) is 5.32 Å². The van der Waals surface area contributed by atoms with Crippen LogP contribution in [-0.2, 0) is 9.59 Å². The molecular formula is C8H12F3N3O4. The molecule has 7 nitrogen and oxygen atoms in total. The van der Waals surface area contributed by atoms with Gasteiger partial charge in [0.1, 0.15) is 0 Å². The van der Waals surface area contributed by atoms with Crippen LogP contribution in [-0.4, -0.2) is 41.3 Å². The highest BCUT2D eigenvalue weighted by atomic mass is 19.4. The maximum absolute atomic E-state index is 12.5. The number of rotatable bonds is 5. The Labute approximate surface area is 99.5 Å². The Balaban J connectivity index is 4.58. The molecule has 0 aliphatic rings. The minimum Gasteiger partial charge on any atom is -0.479 e. The van der Waals surface area contributed by atoms with Crippen LogP contribution in [0.15, 0.2) is 0 Å². The molecule has 18 heavy (non-hydrogen) atoms. The van der Waals surface area contributed by atoms with E-state index in [1.165, 1.54) is 5.32 Å². The van der Waals surface area contributed by atoms with Crippen LogP contribution < -0.4 is 16.4 Å².